The molecule has 1 aliphatic rings. The van der Waals surface area contributed by atoms with Gasteiger partial charge in [-0.15, -0.1) is 0 Å². The smallest absolute Gasteiger partial charge is 0.212 e. The van der Waals surface area contributed by atoms with Crippen molar-refractivity contribution in [3.8, 4) is 5.75 Å². The van der Waals surface area contributed by atoms with Gasteiger partial charge in [0.2, 0.25) is 10.0 Å². The highest BCUT2D eigenvalue weighted by molar-refractivity contribution is 7.89. The molecule has 1 aromatic carbocycles. The summed E-state index contributed by atoms with van der Waals surface area (Å²) >= 11 is 0. The van der Waals surface area contributed by atoms with E-state index in [1.165, 1.54) is 6.07 Å². The van der Waals surface area contributed by atoms with Crippen LogP contribution in [0.5, 0.6) is 5.75 Å². The van der Waals surface area contributed by atoms with Crippen molar-refractivity contribution in [2.75, 3.05) is 25.6 Å². The van der Waals surface area contributed by atoms with Crippen molar-refractivity contribution in [2.45, 2.75) is 53.0 Å². The lowest BCUT2D eigenvalue weighted by Crippen LogP contribution is -2.34. The van der Waals surface area contributed by atoms with E-state index in [1.807, 2.05) is 13.8 Å². The predicted octanol–water partition coefficient (Wildman–Crippen LogP) is 4.29. The number of benzene rings is 1. The summed E-state index contributed by atoms with van der Waals surface area (Å²) in [6.45, 7) is 9.53. The van der Waals surface area contributed by atoms with Crippen LogP contribution in [0.25, 0.3) is 0 Å². The second kappa shape index (κ2) is 10.6. The second-order valence-electron chi connectivity index (χ2n) is 8.42. The van der Waals surface area contributed by atoms with Crippen LogP contribution in [0, 0.1) is 23.6 Å². The van der Waals surface area contributed by atoms with Crippen LogP contribution < -0.4 is 9.46 Å². The fourth-order valence-corrected chi connectivity index (χ4v) is 4.24. The molecule has 0 aromatic heterocycles. The number of sulfonamides is 1. The highest BCUT2D eigenvalue weighted by atomic mass is 32.2. The van der Waals surface area contributed by atoms with E-state index in [2.05, 4.69) is 18.6 Å². The van der Waals surface area contributed by atoms with E-state index in [0.29, 0.717) is 43.6 Å². The number of hydrogen-bond donors (Lipinski definition) is 1. The van der Waals surface area contributed by atoms with Gasteiger partial charge >= 0.3 is 0 Å². The molecule has 0 spiro atoms. The molecule has 1 fully saturated rings. The Hall–Kier alpha value is -1.18. The maximum absolute atomic E-state index is 14.1. The molecule has 1 saturated carbocycles. The van der Waals surface area contributed by atoms with Crippen molar-refractivity contribution in [1.29, 1.82) is 0 Å². The summed E-state index contributed by atoms with van der Waals surface area (Å²) in [6, 6.07) is 4.15. The Labute approximate surface area is 169 Å². The van der Waals surface area contributed by atoms with E-state index in [9.17, 15) is 12.8 Å². The normalized spacial score (nSPS) is 16.0. The van der Waals surface area contributed by atoms with E-state index in [4.69, 9.17) is 9.47 Å². The highest BCUT2D eigenvalue weighted by Crippen LogP contribution is 2.32. The van der Waals surface area contributed by atoms with Crippen LogP contribution in [0.2, 0.25) is 0 Å². The number of nitrogens with one attached hydrogen (secondary N) is 1. The minimum absolute atomic E-state index is 0.000543. The lowest BCUT2D eigenvalue weighted by Gasteiger charge is -2.23. The lowest BCUT2D eigenvalue weighted by molar-refractivity contribution is 0.111. The van der Waals surface area contributed by atoms with Gasteiger partial charge in [0.05, 0.1) is 12.4 Å². The van der Waals surface area contributed by atoms with Crippen LogP contribution in [0.1, 0.15) is 58.6 Å². The van der Waals surface area contributed by atoms with E-state index in [0.717, 1.165) is 12.8 Å². The Kier molecular flexibility index (Phi) is 8.71. The molecule has 28 heavy (non-hydrogen) atoms. The van der Waals surface area contributed by atoms with Crippen molar-refractivity contribution in [3.05, 3.63) is 29.6 Å². The maximum atomic E-state index is 14.1. The fraction of sp³-hybridized carbons (Fsp3) is 0.714. The first-order chi connectivity index (χ1) is 13.2. The van der Waals surface area contributed by atoms with Crippen LogP contribution in [0.15, 0.2) is 18.2 Å². The molecular formula is C21H34FNO4S. The van der Waals surface area contributed by atoms with Gasteiger partial charge in [-0.2, -0.15) is 0 Å². The first-order valence-electron chi connectivity index (χ1n) is 10.2. The molecule has 0 radical (unpaired) electrons. The van der Waals surface area contributed by atoms with Gasteiger partial charge in [0.25, 0.3) is 0 Å². The zero-order valence-corrected chi connectivity index (χ0v) is 18.2. The molecule has 1 aliphatic carbocycles. The molecule has 1 atom stereocenters. The average Bonchev–Trinajstić information content (AvgIpc) is 3.43. The first kappa shape index (κ1) is 23.1. The standard InChI is InChI=1S/C21H34FNO4S/c1-15(2)13-26-10-5-11-28(24,25)23-21(16(3)4)18-8-9-19(22)20(12-18)27-14-17-6-7-17/h8-9,12,15-17,21,23H,5-7,10-11,13-14H2,1-4H3. The van der Waals surface area contributed by atoms with Gasteiger partial charge in [-0.1, -0.05) is 33.8 Å². The third-order valence-corrected chi connectivity index (χ3v) is 6.05. The monoisotopic (exact) mass is 415 g/mol. The molecule has 0 saturated heterocycles. The van der Waals surface area contributed by atoms with E-state index in [1.54, 1.807) is 12.1 Å². The van der Waals surface area contributed by atoms with Gasteiger partial charge in [0.1, 0.15) is 0 Å². The fourth-order valence-electron chi connectivity index (χ4n) is 2.83. The van der Waals surface area contributed by atoms with Crippen molar-refractivity contribution >= 4 is 10.0 Å². The lowest BCUT2D eigenvalue weighted by atomic mass is 9.97. The molecular weight excluding hydrogens is 381 g/mol. The molecule has 1 aromatic rings. The molecule has 160 valence electrons. The van der Waals surface area contributed by atoms with Gasteiger partial charge in [0, 0.05) is 19.3 Å². The van der Waals surface area contributed by atoms with Crippen LogP contribution in [-0.2, 0) is 14.8 Å². The topological polar surface area (TPSA) is 64.6 Å². The first-order valence-corrected chi connectivity index (χ1v) is 11.8. The van der Waals surface area contributed by atoms with E-state index in [-0.39, 0.29) is 17.4 Å². The van der Waals surface area contributed by atoms with E-state index < -0.39 is 21.9 Å². The van der Waals surface area contributed by atoms with Gasteiger partial charge in [-0.3, -0.25) is 0 Å². The summed E-state index contributed by atoms with van der Waals surface area (Å²) in [5.41, 5.74) is 0.710. The number of halogens is 1. The number of rotatable bonds is 13. The van der Waals surface area contributed by atoms with Crippen LogP contribution in [-0.4, -0.2) is 34.0 Å². The second-order valence-corrected chi connectivity index (χ2v) is 10.3. The minimum Gasteiger partial charge on any atom is -0.490 e. The Morgan fingerprint density at radius 2 is 1.93 bits per heavy atom. The average molecular weight is 416 g/mol. The van der Waals surface area contributed by atoms with Crippen molar-refractivity contribution in [1.82, 2.24) is 4.72 Å². The van der Waals surface area contributed by atoms with Crippen LogP contribution in [0.4, 0.5) is 4.39 Å². The molecule has 1 N–H and O–H groups in total. The summed E-state index contributed by atoms with van der Waals surface area (Å²) < 4.78 is 52.9. The van der Waals surface area contributed by atoms with E-state index >= 15 is 0 Å². The van der Waals surface area contributed by atoms with Gasteiger partial charge in [-0.05, 0) is 54.7 Å². The quantitative estimate of drug-likeness (QED) is 0.488. The zero-order chi connectivity index (χ0) is 20.7. The molecule has 5 nitrogen and oxygen atoms in total. The Morgan fingerprint density at radius 3 is 2.54 bits per heavy atom. The summed E-state index contributed by atoms with van der Waals surface area (Å²) in [5, 5.41) is 0. The Bertz CT molecular complexity index is 717. The highest BCUT2D eigenvalue weighted by Gasteiger charge is 2.25. The molecule has 0 aliphatic heterocycles. The summed E-state index contributed by atoms with van der Waals surface area (Å²) in [6.07, 6.45) is 2.68. The summed E-state index contributed by atoms with van der Waals surface area (Å²) in [4.78, 5) is 0. The summed E-state index contributed by atoms with van der Waals surface area (Å²) in [5.74, 6) is 0.720. The molecule has 0 bridgehead atoms. The van der Waals surface area contributed by atoms with Crippen LogP contribution in [0.3, 0.4) is 0 Å². The molecule has 0 heterocycles. The number of ether oxygens (including phenoxy) is 2. The van der Waals surface area contributed by atoms with Crippen molar-refractivity contribution in [2.24, 2.45) is 17.8 Å². The van der Waals surface area contributed by atoms with Crippen molar-refractivity contribution < 1.29 is 22.3 Å². The predicted molar refractivity (Wildman–Crippen MR) is 109 cm³/mol. The minimum atomic E-state index is -3.48. The van der Waals surface area contributed by atoms with Crippen LogP contribution >= 0.6 is 0 Å². The Balaban J connectivity index is 1.98. The third-order valence-electron chi connectivity index (χ3n) is 4.61. The zero-order valence-electron chi connectivity index (χ0n) is 17.4. The Morgan fingerprint density at radius 1 is 1.21 bits per heavy atom. The molecule has 2 rings (SSSR count). The van der Waals surface area contributed by atoms with Gasteiger partial charge < -0.3 is 9.47 Å². The maximum Gasteiger partial charge on any atom is 0.212 e. The van der Waals surface area contributed by atoms with Crippen molar-refractivity contribution in [3.63, 3.8) is 0 Å². The molecule has 7 heteroatoms. The summed E-state index contributed by atoms with van der Waals surface area (Å²) in [7, 11) is -3.48. The number of hydrogen-bond acceptors (Lipinski definition) is 4. The van der Waals surface area contributed by atoms with Gasteiger partial charge in [-0.25, -0.2) is 17.5 Å². The SMILES string of the molecule is CC(C)COCCCS(=O)(=O)NC(c1ccc(F)c(OCC2CC2)c1)C(C)C. The largest absolute Gasteiger partial charge is 0.490 e. The van der Waals surface area contributed by atoms with Gasteiger partial charge in [0.15, 0.2) is 11.6 Å². The molecule has 1 unspecified atom stereocenters. The third kappa shape index (κ3) is 8.05. The molecule has 0 amide bonds.